The molecule has 42 heavy (non-hydrogen) atoms. The largest absolute Gasteiger partial charge is 0.491 e. The number of amides is 4. The predicted molar refractivity (Wildman–Crippen MR) is 157 cm³/mol. The molecule has 12 heteroatoms. The second kappa shape index (κ2) is 14.7. The first-order valence-corrected chi connectivity index (χ1v) is 14.5. The number of nitrogens with zero attached hydrogens (tertiary/aromatic N) is 2. The van der Waals surface area contributed by atoms with Crippen LogP contribution in [0.1, 0.15) is 53.8 Å². The molecule has 1 aliphatic heterocycles. The van der Waals surface area contributed by atoms with Crippen molar-refractivity contribution in [3.63, 3.8) is 0 Å². The molecule has 1 aromatic heterocycles. The highest BCUT2D eigenvalue weighted by molar-refractivity contribution is 7.14. The zero-order chi connectivity index (χ0) is 30.1. The van der Waals surface area contributed by atoms with Crippen LogP contribution in [0.4, 0.5) is 9.93 Å². The van der Waals surface area contributed by atoms with Crippen molar-refractivity contribution < 1.29 is 33.4 Å². The lowest BCUT2D eigenvalue weighted by Crippen LogP contribution is -2.50. The highest BCUT2D eigenvalue weighted by atomic mass is 32.1. The average molecular weight is 595 g/mol. The summed E-state index contributed by atoms with van der Waals surface area (Å²) in [6.07, 6.45) is 0.283. The molecule has 1 unspecified atom stereocenters. The van der Waals surface area contributed by atoms with Crippen molar-refractivity contribution in [2.75, 3.05) is 38.9 Å². The number of ether oxygens (including phenoxy) is 3. The van der Waals surface area contributed by atoms with E-state index in [4.69, 9.17) is 14.2 Å². The number of imide groups is 1. The number of hydrogen-bond acceptors (Lipinski definition) is 9. The van der Waals surface area contributed by atoms with Crippen LogP contribution in [0.2, 0.25) is 0 Å². The van der Waals surface area contributed by atoms with Gasteiger partial charge in [-0.25, -0.2) is 14.7 Å². The van der Waals surface area contributed by atoms with Crippen molar-refractivity contribution >= 4 is 40.1 Å². The number of aromatic nitrogens is 1. The molecule has 3 aromatic rings. The van der Waals surface area contributed by atoms with E-state index in [2.05, 4.69) is 15.6 Å². The Morgan fingerprint density at radius 1 is 1.05 bits per heavy atom. The van der Waals surface area contributed by atoms with Crippen molar-refractivity contribution in [1.82, 2.24) is 15.2 Å². The molecule has 0 spiro atoms. The highest BCUT2D eigenvalue weighted by Crippen LogP contribution is 2.32. The normalized spacial score (nSPS) is 16.2. The van der Waals surface area contributed by atoms with Crippen molar-refractivity contribution in [3.05, 3.63) is 76.8 Å². The van der Waals surface area contributed by atoms with Crippen LogP contribution < -0.4 is 15.4 Å². The summed E-state index contributed by atoms with van der Waals surface area (Å²) in [6, 6.07) is 13.2. The first-order chi connectivity index (χ1) is 20.3. The minimum Gasteiger partial charge on any atom is -0.491 e. The van der Waals surface area contributed by atoms with E-state index in [1.54, 1.807) is 50.6 Å². The number of methoxy groups -OCH3 is 1. The molecule has 4 rings (SSSR count). The first-order valence-electron chi connectivity index (χ1n) is 13.6. The zero-order valence-corrected chi connectivity index (χ0v) is 24.5. The number of thiazole rings is 1. The topological polar surface area (TPSA) is 136 Å². The van der Waals surface area contributed by atoms with E-state index in [0.29, 0.717) is 37.7 Å². The van der Waals surface area contributed by atoms with Crippen LogP contribution in [-0.2, 0) is 19.1 Å². The summed E-state index contributed by atoms with van der Waals surface area (Å²) < 4.78 is 16.0. The molecular formula is C30H34N4O7S. The second-order valence-electron chi connectivity index (χ2n) is 9.56. The van der Waals surface area contributed by atoms with Crippen LogP contribution >= 0.6 is 11.3 Å². The van der Waals surface area contributed by atoms with Gasteiger partial charge in [0, 0.05) is 24.8 Å². The third-order valence-corrected chi connectivity index (χ3v) is 7.56. The standard InChI is InChI=1S/C30H34N4O7S/c1-4-24(35)23-18-42-29(31-23)33-27(36)26(19(2)20-8-6-5-7-9-20)34-28(37)25(32-30(34)38)21-10-12-22(13-11-21)41-17-16-40-15-14-39-3/h5-13,18-19,25-26H,4,14-17H2,1-3H3,(H,32,38)(H,31,33,36)/t19-,25?,26-/m0/s1. The van der Waals surface area contributed by atoms with Gasteiger partial charge >= 0.3 is 6.03 Å². The van der Waals surface area contributed by atoms with E-state index in [1.807, 2.05) is 30.3 Å². The summed E-state index contributed by atoms with van der Waals surface area (Å²) in [7, 11) is 1.60. The molecule has 0 bridgehead atoms. The van der Waals surface area contributed by atoms with Crippen LogP contribution in [-0.4, -0.2) is 73.1 Å². The molecule has 4 amide bonds. The summed E-state index contributed by atoms with van der Waals surface area (Å²) in [5.74, 6) is -1.24. The lowest BCUT2D eigenvalue weighted by atomic mass is 9.91. The van der Waals surface area contributed by atoms with Gasteiger partial charge in [-0.2, -0.15) is 0 Å². The predicted octanol–water partition coefficient (Wildman–Crippen LogP) is 4.18. The number of nitrogens with one attached hydrogen (secondary N) is 2. The third kappa shape index (κ3) is 7.38. The van der Waals surface area contributed by atoms with E-state index in [-0.39, 0.29) is 23.0 Å². The fourth-order valence-electron chi connectivity index (χ4n) is 4.53. The van der Waals surface area contributed by atoms with Gasteiger partial charge in [0.2, 0.25) is 5.91 Å². The minimum absolute atomic E-state index is 0.148. The summed E-state index contributed by atoms with van der Waals surface area (Å²) in [5, 5.41) is 7.22. The van der Waals surface area contributed by atoms with Crippen LogP contribution in [0, 0.1) is 0 Å². The zero-order valence-electron chi connectivity index (χ0n) is 23.7. The van der Waals surface area contributed by atoms with E-state index in [1.165, 1.54) is 0 Å². The Balaban J connectivity index is 1.51. The smallest absolute Gasteiger partial charge is 0.325 e. The Labute approximate surface area is 248 Å². The molecule has 2 heterocycles. The summed E-state index contributed by atoms with van der Waals surface area (Å²) in [5.41, 5.74) is 1.58. The van der Waals surface area contributed by atoms with Gasteiger partial charge in [-0.3, -0.25) is 14.4 Å². The summed E-state index contributed by atoms with van der Waals surface area (Å²) in [4.78, 5) is 57.9. The van der Waals surface area contributed by atoms with Gasteiger partial charge in [0.05, 0.1) is 19.8 Å². The van der Waals surface area contributed by atoms with Gasteiger partial charge in [0.15, 0.2) is 10.9 Å². The molecule has 0 radical (unpaired) electrons. The molecule has 11 nitrogen and oxygen atoms in total. The fourth-order valence-corrected chi connectivity index (χ4v) is 5.25. The number of hydrogen-bond donors (Lipinski definition) is 2. The number of Topliss-reactive ketones (excluding diaryl/α,β-unsaturated/α-hetero) is 1. The lowest BCUT2D eigenvalue weighted by molar-refractivity contribution is -0.134. The molecule has 0 aliphatic carbocycles. The maximum atomic E-state index is 13.7. The second-order valence-corrected chi connectivity index (χ2v) is 10.4. The van der Waals surface area contributed by atoms with Gasteiger partial charge in [-0.15, -0.1) is 11.3 Å². The Hall–Kier alpha value is -4.13. The van der Waals surface area contributed by atoms with E-state index < -0.39 is 35.8 Å². The van der Waals surface area contributed by atoms with Gasteiger partial charge in [0.25, 0.3) is 5.91 Å². The summed E-state index contributed by atoms with van der Waals surface area (Å²) in [6.45, 7) is 5.24. The molecule has 1 saturated heterocycles. The number of carbonyl (C=O) groups excluding carboxylic acids is 4. The minimum atomic E-state index is -1.18. The number of ketones is 1. The molecule has 2 aromatic carbocycles. The first kappa shape index (κ1) is 30.8. The quantitative estimate of drug-likeness (QED) is 0.152. The number of anilines is 1. The number of carbonyl (C=O) groups is 4. The molecule has 0 saturated carbocycles. The number of rotatable bonds is 15. The number of benzene rings is 2. The van der Waals surface area contributed by atoms with Crippen LogP contribution in [0.5, 0.6) is 5.75 Å². The molecule has 2 N–H and O–H groups in total. The van der Waals surface area contributed by atoms with Crippen molar-refractivity contribution in [3.8, 4) is 5.75 Å². The van der Waals surface area contributed by atoms with Gasteiger partial charge in [0.1, 0.15) is 30.1 Å². The molecule has 1 fully saturated rings. The van der Waals surface area contributed by atoms with Crippen molar-refractivity contribution in [2.24, 2.45) is 0 Å². The van der Waals surface area contributed by atoms with Crippen LogP contribution in [0.3, 0.4) is 0 Å². The van der Waals surface area contributed by atoms with E-state index in [0.717, 1.165) is 21.8 Å². The fraction of sp³-hybridized carbons (Fsp3) is 0.367. The molecular weight excluding hydrogens is 560 g/mol. The molecule has 222 valence electrons. The Morgan fingerprint density at radius 3 is 2.45 bits per heavy atom. The Kier molecular flexibility index (Phi) is 10.8. The van der Waals surface area contributed by atoms with Gasteiger partial charge in [-0.05, 0) is 23.3 Å². The SMILES string of the molecule is CCC(=O)c1csc(NC(=O)[C@H]([C@@H](C)c2ccccc2)N2C(=O)NC(c3ccc(OCCOCCOC)cc3)C2=O)n1. The van der Waals surface area contributed by atoms with E-state index in [9.17, 15) is 19.2 Å². The average Bonchev–Trinajstić information content (AvgIpc) is 3.59. The van der Waals surface area contributed by atoms with Gasteiger partial charge < -0.3 is 24.8 Å². The number of urea groups is 1. The molecule has 1 aliphatic rings. The van der Waals surface area contributed by atoms with Crippen LogP contribution in [0.15, 0.2) is 60.0 Å². The summed E-state index contributed by atoms with van der Waals surface area (Å²) >= 11 is 1.11. The molecule has 3 atom stereocenters. The van der Waals surface area contributed by atoms with Crippen LogP contribution in [0.25, 0.3) is 0 Å². The van der Waals surface area contributed by atoms with Gasteiger partial charge in [-0.1, -0.05) is 56.3 Å². The third-order valence-electron chi connectivity index (χ3n) is 6.80. The van der Waals surface area contributed by atoms with E-state index >= 15 is 0 Å². The maximum absolute atomic E-state index is 13.7. The lowest BCUT2D eigenvalue weighted by Gasteiger charge is -2.29. The Bertz CT molecular complexity index is 1380. The van der Waals surface area contributed by atoms with Crippen molar-refractivity contribution in [2.45, 2.75) is 38.3 Å². The maximum Gasteiger partial charge on any atom is 0.325 e. The van der Waals surface area contributed by atoms with Crippen molar-refractivity contribution in [1.29, 1.82) is 0 Å². The monoisotopic (exact) mass is 594 g/mol. The highest BCUT2D eigenvalue weighted by Gasteiger charge is 2.47. The Morgan fingerprint density at radius 2 is 1.76 bits per heavy atom.